The maximum absolute atomic E-state index is 12.3. The van der Waals surface area contributed by atoms with Crippen LogP contribution in [0.2, 0.25) is 0 Å². The van der Waals surface area contributed by atoms with Gasteiger partial charge in [-0.3, -0.25) is 9.69 Å². The third-order valence-corrected chi connectivity index (χ3v) is 5.25. The summed E-state index contributed by atoms with van der Waals surface area (Å²) in [5.41, 5.74) is 0. The van der Waals surface area contributed by atoms with Gasteiger partial charge in [0, 0.05) is 51.7 Å². The summed E-state index contributed by atoms with van der Waals surface area (Å²) in [7, 11) is 0. The van der Waals surface area contributed by atoms with Gasteiger partial charge in [0.1, 0.15) is 0 Å². The molecule has 3 aliphatic heterocycles. The number of halogens is 2. The van der Waals surface area contributed by atoms with Crippen LogP contribution in [0.5, 0.6) is 0 Å². The molecule has 3 fully saturated rings. The number of rotatable bonds is 5. The highest BCUT2D eigenvalue weighted by Gasteiger charge is 2.28. The molecule has 7 heteroatoms. The number of carbonyl (C=O) groups excluding carboxylic acids is 1. The minimum Gasteiger partial charge on any atom is -0.340 e. The van der Waals surface area contributed by atoms with Crippen LogP contribution in [-0.2, 0) is 4.79 Å². The molecule has 0 spiro atoms. The van der Waals surface area contributed by atoms with Gasteiger partial charge >= 0.3 is 0 Å². The number of amides is 1. The van der Waals surface area contributed by atoms with E-state index in [9.17, 15) is 4.79 Å². The smallest absolute Gasteiger partial charge is 0.223 e. The zero-order valence-corrected chi connectivity index (χ0v) is 15.7. The van der Waals surface area contributed by atoms with E-state index in [1.807, 2.05) is 4.90 Å². The van der Waals surface area contributed by atoms with Gasteiger partial charge in [-0.05, 0) is 45.3 Å². The Hall–Kier alpha value is -0.0700. The van der Waals surface area contributed by atoms with Crippen LogP contribution in [0, 0.1) is 0 Å². The van der Waals surface area contributed by atoms with E-state index < -0.39 is 0 Å². The fourth-order valence-electron chi connectivity index (χ4n) is 3.97. The van der Waals surface area contributed by atoms with Crippen LogP contribution in [0.15, 0.2) is 0 Å². The zero-order chi connectivity index (χ0) is 14.5. The first-order chi connectivity index (χ1) is 10.3. The lowest BCUT2D eigenvalue weighted by Crippen LogP contribution is -2.47. The van der Waals surface area contributed by atoms with Crippen LogP contribution < -0.4 is 5.32 Å². The molecule has 3 heterocycles. The fourth-order valence-corrected chi connectivity index (χ4v) is 3.97. The summed E-state index contributed by atoms with van der Waals surface area (Å²) in [5.74, 6) is 0.350. The molecule has 3 aliphatic rings. The van der Waals surface area contributed by atoms with Gasteiger partial charge in [-0.1, -0.05) is 0 Å². The van der Waals surface area contributed by atoms with Crippen LogP contribution in [0.25, 0.3) is 0 Å². The van der Waals surface area contributed by atoms with Crippen LogP contribution >= 0.6 is 24.8 Å². The first-order valence-electron chi connectivity index (χ1n) is 8.78. The lowest BCUT2D eigenvalue weighted by Gasteiger charge is -2.30. The van der Waals surface area contributed by atoms with Gasteiger partial charge in [0.05, 0.1) is 0 Å². The van der Waals surface area contributed by atoms with E-state index in [1.165, 1.54) is 51.9 Å². The summed E-state index contributed by atoms with van der Waals surface area (Å²) in [6.07, 6.45) is 6.07. The SMILES string of the molecule is Cl.Cl.O=C(CCN1CCCC1CN1CCCC1)N1CCNCC1. The minimum absolute atomic E-state index is 0. The molecule has 0 saturated carbocycles. The normalized spacial score (nSPS) is 25.9. The number of hydrogen-bond donors (Lipinski definition) is 1. The van der Waals surface area contributed by atoms with Crippen LogP contribution in [-0.4, -0.2) is 85.6 Å². The fraction of sp³-hybridized carbons (Fsp3) is 0.938. The highest BCUT2D eigenvalue weighted by Crippen LogP contribution is 2.20. The molecular formula is C16H32Cl2N4O. The molecule has 1 N–H and O–H groups in total. The molecule has 0 bridgehead atoms. The Morgan fingerprint density at radius 2 is 1.65 bits per heavy atom. The largest absolute Gasteiger partial charge is 0.340 e. The van der Waals surface area contributed by atoms with Gasteiger partial charge in [-0.25, -0.2) is 0 Å². The van der Waals surface area contributed by atoms with E-state index in [4.69, 9.17) is 0 Å². The predicted octanol–water partition coefficient (Wildman–Crippen LogP) is 1.21. The Morgan fingerprint density at radius 3 is 2.35 bits per heavy atom. The van der Waals surface area contributed by atoms with Crippen molar-refractivity contribution in [1.29, 1.82) is 0 Å². The quantitative estimate of drug-likeness (QED) is 0.793. The van der Waals surface area contributed by atoms with Gasteiger partial charge in [-0.2, -0.15) is 0 Å². The highest BCUT2D eigenvalue weighted by atomic mass is 35.5. The average Bonchev–Trinajstić information content (AvgIpc) is 3.18. The van der Waals surface area contributed by atoms with E-state index >= 15 is 0 Å². The lowest BCUT2D eigenvalue weighted by atomic mass is 10.2. The lowest BCUT2D eigenvalue weighted by molar-refractivity contribution is -0.132. The molecule has 3 saturated heterocycles. The van der Waals surface area contributed by atoms with Gasteiger partial charge in [0.2, 0.25) is 5.91 Å². The molecule has 0 radical (unpaired) electrons. The van der Waals surface area contributed by atoms with E-state index in [1.54, 1.807) is 0 Å². The van der Waals surface area contributed by atoms with Gasteiger partial charge in [0.15, 0.2) is 0 Å². The molecule has 23 heavy (non-hydrogen) atoms. The number of nitrogens with zero attached hydrogens (tertiary/aromatic N) is 3. The molecule has 0 aromatic rings. The second-order valence-corrected chi connectivity index (χ2v) is 6.72. The maximum Gasteiger partial charge on any atom is 0.223 e. The third-order valence-electron chi connectivity index (χ3n) is 5.25. The molecule has 0 aromatic heterocycles. The number of likely N-dealkylation sites (tertiary alicyclic amines) is 2. The minimum atomic E-state index is 0. The third kappa shape index (κ3) is 6.05. The summed E-state index contributed by atoms with van der Waals surface area (Å²) < 4.78 is 0. The standard InChI is InChI=1S/C16H30N4O.2ClH/c21-16(20-12-6-17-7-13-20)5-11-19-10-3-4-15(19)14-18-8-1-2-9-18;;/h15,17H,1-14H2;2*1H. The van der Waals surface area contributed by atoms with Crippen LogP contribution in [0.1, 0.15) is 32.1 Å². The van der Waals surface area contributed by atoms with Crippen molar-refractivity contribution in [3.63, 3.8) is 0 Å². The van der Waals surface area contributed by atoms with E-state index in [0.29, 0.717) is 18.4 Å². The van der Waals surface area contributed by atoms with Crippen molar-refractivity contribution in [2.75, 3.05) is 58.9 Å². The van der Waals surface area contributed by atoms with Gasteiger partial charge in [0.25, 0.3) is 0 Å². The molecule has 1 amide bonds. The summed E-state index contributed by atoms with van der Waals surface area (Å²) >= 11 is 0. The topological polar surface area (TPSA) is 38.8 Å². The molecule has 1 unspecified atom stereocenters. The van der Waals surface area contributed by atoms with E-state index in [-0.39, 0.29) is 24.8 Å². The van der Waals surface area contributed by atoms with Crippen LogP contribution in [0.4, 0.5) is 0 Å². The molecule has 0 aliphatic carbocycles. The first-order valence-corrected chi connectivity index (χ1v) is 8.78. The number of carbonyl (C=O) groups is 1. The summed E-state index contributed by atoms with van der Waals surface area (Å²) in [6, 6.07) is 0.693. The highest BCUT2D eigenvalue weighted by molar-refractivity contribution is 5.85. The molecular weight excluding hydrogens is 335 g/mol. The number of piperazine rings is 1. The average molecular weight is 367 g/mol. The maximum atomic E-state index is 12.3. The van der Waals surface area contributed by atoms with Crippen molar-refractivity contribution in [1.82, 2.24) is 20.0 Å². The Bertz CT molecular complexity index is 347. The summed E-state index contributed by atoms with van der Waals surface area (Å²) in [6.45, 7) is 9.61. The predicted molar refractivity (Wildman–Crippen MR) is 98.8 cm³/mol. The van der Waals surface area contributed by atoms with Gasteiger partial charge < -0.3 is 15.1 Å². The molecule has 136 valence electrons. The molecule has 3 rings (SSSR count). The second kappa shape index (κ2) is 10.7. The van der Waals surface area contributed by atoms with Crippen molar-refractivity contribution in [3.05, 3.63) is 0 Å². The Kier molecular flexibility index (Phi) is 9.78. The van der Waals surface area contributed by atoms with Gasteiger partial charge in [-0.15, -0.1) is 24.8 Å². The molecule has 5 nitrogen and oxygen atoms in total. The number of nitrogens with one attached hydrogen (secondary N) is 1. The van der Waals surface area contributed by atoms with Crippen LogP contribution in [0.3, 0.4) is 0 Å². The van der Waals surface area contributed by atoms with Crippen molar-refractivity contribution in [2.24, 2.45) is 0 Å². The Balaban J connectivity index is 0.00000132. The van der Waals surface area contributed by atoms with E-state index in [0.717, 1.165) is 32.7 Å². The monoisotopic (exact) mass is 366 g/mol. The molecule has 1 atom stereocenters. The zero-order valence-electron chi connectivity index (χ0n) is 14.0. The van der Waals surface area contributed by atoms with E-state index in [2.05, 4.69) is 15.1 Å². The number of hydrogen-bond acceptors (Lipinski definition) is 4. The van der Waals surface area contributed by atoms with Crippen molar-refractivity contribution < 1.29 is 4.79 Å². The Morgan fingerprint density at radius 1 is 0.957 bits per heavy atom. The summed E-state index contributed by atoms with van der Waals surface area (Å²) in [5, 5.41) is 3.30. The summed E-state index contributed by atoms with van der Waals surface area (Å²) in [4.78, 5) is 19.5. The van der Waals surface area contributed by atoms with Crippen molar-refractivity contribution >= 4 is 30.7 Å². The molecule has 0 aromatic carbocycles. The van der Waals surface area contributed by atoms with Crippen molar-refractivity contribution in [3.8, 4) is 0 Å². The first kappa shape index (κ1) is 21.0. The Labute approximate surface area is 152 Å². The second-order valence-electron chi connectivity index (χ2n) is 6.72. The van der Waals surface area contributed by atoms with Crippen molar-refractivity contribution in [2.45, 2.75) is 38.1 Å².